The molecule has 2 heterocycles. The maximum absolute atomic E-state index is 12.2. The zero-order valence-corrected chi connectivity index (χ0v) is 13.6. The van der Waals surface area contributed by atoms with E-state index in [9.17, 15) is 4.79 Å². The van der Waals surface area contributed by atoms with E-state index in [-0.39, 0.29) is 11.7 Å². The summed E-state index contributed by atoms with van der Waals surface area (Å²) in [5.74, 6) is -0.0585. The van der Waals surface area contributed by atoms with Crippen molar-refractivity contribution in [3.8, 4) is 0 Å². The Bertz CT molecular complexity index is 796. The molecular formula is C14H12BrN3O2S. The van der Waals surface area contributed by atoms with E-state index in [1.165, 1.54) is 11.3 Å². The molecule has 1 N–H and O–H groups in total. The van der Waals surface area contributed by atoms with Crippen LogP contribution in [0.4, 0.5) is 5.13 Å². The fraction of sp³-hybridized carbons (Fsp3) is 0.214. The van der Waals surface area contributed by atoms with Gasteiger partial charge < -0.3 is 4.42 Å². The number of fused-ring (bicyclic) bond motifs is 1. The highest BCUT2D eigenvalue weighted by molar-refractivity contribution is 9.10. The summed E-state index contributed by atoms with van der Waals surface area (Å²) in [6.45, 7) is 2.08. The average Bonchev–Trinajstić information content (AvgIpc) is 3.05. The van der Waals surface area contributed by atoms with E-state index >= 15 is 0 Å². The lowest BCUT2D eigenvalue weighted by atomic mass is 10.2. The van der Waals surface area contributed by atoms with Crippen LogP contribution in [-0.4, -0.2) is 16.1 Å². The molecule has 108 valence electrons. The molecule has 0 fully saturated rings. The van der Waals surface area contributed by atoms with Crippen LogP contribution >= 0.6 is 27.3 Å². The first-order valence-corrected chi connectivity index (χ1v) is 8.09. The molecule has 2 aromatic heterocycles. The van der Waals surface area contributed by atoms with Gasteiger partial charge in [-0.2, -0.15) is 0 Å². The van der Waals surface area contributed by atoms with E-state index < -0.39 is 0 Å². The second kappa shape index (κ2) is 5.95. The topological polar surface area (TPSA) is 68.0 Å². The van der Waals surface area contributed by atoms with E-state index in [0.717, 1.165) is 27.7 Å². The molecule has 0 aliphatic carbocycles. The zero-order valence-electron chi connectivity index (χ0n) is 11.2. The van der Waals surface area contributed by atoms with Crippen molar-refractivity contribution in [3.05, 3.63) is 39.5 Å². The van der Waals surface area contributed by atoms with Gasteiger partial charge in [-0.3, -0.25) is 10.1 Å². The van der Waals surface area contributed by atoms with Crippen LogP contribution in [0.25, 0.3) is 11.0 Å². The van der Waals surface area contributed by atoms with Crippen molar-refractivity contribution in [2.24, 2.45) is 0 Å². The van der Waals surface area contributed by atoms with E-state index in [0.29, 0.717) is 10.7 Å². The number of furan rings is 1. The van der Waals surface area contributed by atoms with Crippen LogP contribution in [0.5, 0.6) is 0 Å². The van der Waals surface area contributed by atoms with Gasteiger partial charge in [-0.1, -0.05) is 34.2 Å². The molecule has 0 atom stereocenters. The van der Waals surface area contributed by atoms with E-state index in [1.807, 2.05) is 18.2 Å². The first-order valence-electron chi connectivity index (χ1n) is 6.48. The van der Waals surface area contributed by atoms with E-state index in [1.54, 1.807) is 6.07 Å². The fourth-order valence-electron chi connectivity index (χ4n) is 1.90. The van der Waals surface area contributed by atoms with E-state index in [2.05, 4.69) is 38.4 Å². The zero-order chi connectivity index (χ0) is 14.8. The predicted octanol–water partition coefficient (Wildman–Crippen LogP) is 4.25. The largest absolute Gasteiger partial charge is 0.451 e. The number of benzene rings is 1. The third-order valence-electron chi connectivity index (χ3n) is 2.85. The quantitative estimate of drug-likeness (QED) is 0.750. The number of halogens is 1. The number of anilines is 1. The number of hydrogen-bond acceptors (Lipinski definition) is 5. The van der Waals surface area contributed by atoms with Gasteiger partial charge in [0.25, 0.3) is 5.91 Å². The number of nitrogens with one attached hydrogen (secondary N) is 1. The SMILES string of the molecule is CCCc1nnc(NC(=O)c2cc3cc(Br)ccc3o2)s1. The molecule has 0 aliphatic rings. The minimum atomic E-state index is -0.318. The normalized spacial score (nSPS) is 11.0. The van der Waals surface area contributed by atoms with Crippen molar-refractivity contribution < 1.29 is 9.21 Å². The third kappa shape index (κ3) is 3.14. The molecule has 3 rings (SSSR count). The Balaban J connectivity index is 1.79. The Morgan fingerprint density at radius 3 is 3.05 bits per heavy atom. The fourth-order valence-corrected chi connectivity index (χ4v) is 3.12. The van der Waals surface area contributed by atoms with E-state index in [4.69, 9.17) is 4.42 Å². The lowest BCUT2D eigenvalue weighted by Crippen LogP contribution is -2.10. The molecule has 0 unspecified atom stereocenters. The number of carbonyl (C=O) groups is 1. The Morgan fingerprint density at radius 2 is 2.24 bits per heavy atom. The number of nitrogens with zero attached hydrogens (tertiary/aromatic N) is 2. The lowest BCUT2D eigenvalue weighted by Gasteiger charge is -1.95. The van der Waals surface area contributed by atoms with Crippen molar-refractivity contribution in [2.45, 2.75) is 19.8 Å². The summed E-state index contributed by atoms with van der Waals surface area (Å²) in [5.41, 5.74) is 0.673. The van der Waals surface area contributed by atoms with Gasteiger partial charge in [0.1, 0.15) is 10.6 Å². The number of aryl methyl sites for hydroxylation is 1. The molecular weight excluding hydrogens is 354 g/mol. The van der Waals surface area contributed by atoms with Gasteiger partial charge >= 0.3 is 0 Å². The molecule has 0 spiro atoms. The lowest BCUT2D eigenvalue weighted by molar-refractivity contribution is 0.0998. The highest BCUT2D eigenvalue weighted by Crippen LogP contribution is 2.24. The summed E-state index contributed by atoms with van der Waals surface area (Å²) in [4.78, 5) is 12.2. The summed E-state index contributed by atoms with van der Waals surface area (Å²) in [5, 5.41) is 13.0. The smallest absolute Gasteiger partial charge is 0.293 e. The van der Waals surface area contributed by atoms with Crippen molar-refractivity contribution in [1.82, 2.24) is 10.2 Å². The van der Waals surface area contributed by atoms with Gasteiger partial charge in [0, 0.05) is 16.3 Å². The summed E-state index contributed by atoms with van der Waals surface area (Å²) in [7, 11) is 0. The van der Waals surface area contributed by atoms with Crippen LogP contribution in [0.1, 0.15) is 28.9 Å². The number of hydrogen-bond donors (Lipinski definition) is 1. The van der Waals surface area contributed by atoms with Gasteiger partial charge in [-0.25, -0.2) is 0 Å². The number of carbonyl (C=O) groups excluding carboxylic acids is 1. The molecule has 1 amide bonds. The first-order chi connectivity index (χ1) is 10.2. The van der Waals surface area contributed by atoms with Crippen LogP contribution in [0, 0.1) is 0 Å². The monoisotopic (exact) mass is 365 g/mol. The van der Waals surface area contributed by atoms with Gasteiger partial charge in [0.2, 0.25) is 5.13 Å². The molecule has 0 saturated heterocycles. The Hall–Kier alpha value is -1.73. The Kier molecular flexibility index (Phi) is 4.03. The minimum absolute atomic E-state index is 0.260. The Morgan fingerprint density at radius 1 is 1.38 bits per heavy atom. The van der Waals surface area contributed by atoms with Crippen LogP contribution in [-0.2, 0) is 6.42 Å². The summed E-state index contributed by atoms with van der Waals surface area (Å²) >= 11 is 4.78. The van der Waals surface area contributed by atoms with Crippen LogP contribution in [0.15, 0.2) is 33.2 Å². The molecule has 3 aromatic rings. The van der Waals surface area contributed by atoms with Gasteiger partial charge in [-0.15, -0.1) is 10.2 Å². The summed E-state index contributed by atoms with van der Waals surface area (Å²) < 4.78 is 6.48. The molecule has 21 heavy (non-hydrogen) atoms. The van der Waals surface area contributed by atoms with Crippen LogP contribution in [0.2, 0.25) is 0 Å². The van der Waals surface area contributed by atoms with Gasteiger partial charge in [-0.05, 0) is 30.7 Å². The molecule has 0 bridgehead atoms. The highest BCUT2D eigenvalue weighted by atomic mass is 79.9. The van der Waals surface area contributed by atoms with Gasteiger partial charge in [0.15, 0.2) is 5.76 Å². The van der Waals surface area contributed by atoms with Crippen molar-refractivity contribution in [3.63, 3.8) is 0 Å². The summed E-state index contributed by atoms with van der Waals surface area (Å²) in [6.07, 6.45) is 1.87. The number of rotatable bonds is 4. The standard InChI is InChI=1S/C14H12BrN3O2S/c1-2-3-12-17-18-14(21-12)16-13(19)11-7-8-6-9(15)4-5-10(8)20-11/h4-7H,2-3H2,1H3,(H,16,18,19). The van der Waals surface area contributed by atoms with Gasteiger partial charge in [0.05, 0.1) is 0 Å². The van der Waals surface area contributed by atoms with Crippen molar-refractivity contribution in [2.75, 3.05) is 5.32 Å². The maximum Gasteiger partial charge on any atom is 0.293 e. The summed E-state index contributed by atoms with van der Waals surface area (Å²) in [6, 6.07) is 7.30. The second-order valence-corrected chi connectivity index (χ2v) is 6.48. The molecule has 0 aliphatic heterocycles. The minimum Gasteiger partial charge on any atom is -0.451 e. The molecule has 0 saturated carbocycles. The molecule has 1 aromatic carbocycles. The second-order valence-electron chi connectivity index (χ2n) is 4.50. The van der Waals surface area contributed by atoms with Crippen molar-refractivity contribution in [1.29, 1.82) is 0 Å². The Labute approximate surface area is 133 Å². The maximum atomic E-state index is 12.2. The molecule has 5 nitrogen and oxygen atoms in total. The number of aromatic nitrogens is 2. The van der Waals surface area contributed by atoms with Crippen molar-refractivity contribution >= 4 is 49.3 Å². The molecule has 0 radical (unpaired) electrons. The number of amides is 1. The first kappa shape index (κ1) is 14.2. The molecule has 7 heteroatoms. The van der Waals surface area contributed by atoms with Crippen LogP contribution in [0.3, 0.4) is 0 Å². The third-order valence-corrected chi connectivity index (χ3v) is 4.25. The highest BCUT2D eigenvalue weighted by Gasteiger charge is 2.14. The predicted molar refractivity (Wildman–Crippen MR) is 85.8 cm³/mol. The average molecular weight is 366 g/mol. The van der Waals surface area contributed by atoms with Crippen LogP contribution < -0.4 is 5.32 Å².